The monoisotopic (exact) mass is 399 g/mol. The summed E-state index contributed by atoms with van der Waals surface area (Å²) in [6.45, 7) is 8.09. The zero-order valence-corrected chi connectivity index (χ0v) is 19.1. The van der Waals surface area contributed by atoms with E-state index in [9.17, 15) is 9.59 Å². The Hall–Kier alpha value is -1.30. The van der Waals surface area contributed by atoms with Crippen LogP contribution in [0.2, 0.25) is 0 Å². The Balaban J connectivity index is 3.27. The van der Waals surface area contributed by atoms with E-state index in [4.69, 9.17) is 4.74 Å². The minimum Gasteiger partial charge on any atom is -0.444 e. The molecule has 2 N–H and O–H groups in total. The first-order chi connectivity index (χ1) is 13.2. The van der Waals surface area contributed by atoms with Gasteiger partial charge in [-0.1, -0.05) is 44.9 Å². The van der Waals surface area contributed by atoms with Gasteiger partial charge < -0.3 is 20.3 Å². The number of rotatable bonds is 16. The second-order valence-corrected chi connectivity index (χ2v) is 8.87. The van der Waals surface area contributed by atoms with Gasteiger partial charge in [-0.25, -0.2) is 4.79 Å². The molecular formula is C22H45N3O3. The molecule has 0 saturated carbocycles. The molecule has 0 bridgehead atoms. The number of carbonyl (C=O) groups excluding carboxylic acids is 2. The molecule has 6 nitrogen and oxygen atoms in total. The molecule has 0 heterocycles. The zero-order valence-electron chi connectivity index (χ0n) is 19.1. The number of ether oxygens (including phenoxy) is 1. The van der Waals surface area contributed by atoms with Crippen molar-refractivity contribution in [3.63, 3.8) is 0 Å². The molecule has 0 aliphatic heterocycles. The normalized spacial score (nSPS) is 11.5. The maximum absolute atomic E-state index is 11.7. The maximum Gasteiger partial charge on any atom is 0.407 e. The highest BCUT2D eigenvalue weighted by atomic mass is 16.6. The van der Waals surface area contributed by atoms with Crippen molar-refractivity contribution >= 4 is 12.0 Å². The van der Waals surface area contributed by atoms with Crippen LogP contribution in [0.15, 0.2) is 0 Å². The molecule has 0 atom stereocenters. The van der Waals surface area contributed by atoms with Crippen molar-refractivity contribution in [2.45, 2.75) is 97.0 Å². The highest BCUT2D eigenvalue weighted by molar-refractivity contribution is 5.75. The topological polar surface area (TPSA) is 70.7 Å². The molecule has 0 saturated heterocycles. The highest BCUT2D eigenvalue weighted by Crippen LogP contribution is 2.11. The Morgan fingerprint density at radius 2 is 1.25 bits per heavy atom. The summed E-state index contributed by atoms with van der Waals surface area (Å²) in [4.78, 5) is 25.3. The van der Waals surface area contributed by atoms with E-state index in [1.807, 2.05) is 34.9 Å². The van der Waals surface area contributed by atoms with E-state index in [0.29, 0.717) is 13.0 Å². The van der Waals surface area contributed by atoms with Crippen molar-refractivity contribution < 1.29 is 14.3 Å². The van der Waals surface area contributed by atoms with Gasteiger partial charge in [0.1, 0.15) is 5.60 Å². The van der Waals surface area contributed by atoms with Gasteiger partial charge in [0.05, 0.1) is 0 Å². The number of hydrogen-bond acceptors (Lipinski definition) is 4. The van der Waals surface area contributed by atoms with Gasteiger partial charge in [0.2, 0.25) is 5.91 Å². The largest absolute Gasteiger partial charge is 0.444 e. The second kappa shape index (κ2) is 16.6. The van der Waals surface area contributed by atoms with Crippen molar-refractivity contribution in [2.75, 3.05) is 33.7 Å². The molecule has 166 valence electrons. The maximum atomic E-state index is 11.7. The van der Waals surface area contributed by atoms with Crippen molar-refractivity contribution in [1.29, 1.82) is 0 Å². The van der Waals surface area contributed by atoms with E-state index in [0.717, 1.165) is 45.2 Å². The molecule has 0 aliphatic carbocycles. The Kier molecular flexibility index (Phi) is 15.9. The summed E-state index contributed by atoms with van der Waals surface area (Å²) in [6.07, 6.45) is 11.8. The number of carbonyl (C=O) groups is 2. The van der Waals surface area contributed by atoms with Crippen LogP contribution in [-0.2, 0) is 9.53 Å². The van der Waals surface area contributed by atoms with Gasteiger partial charge in [-0.05, 0) is 60.7 Å². The van der Waals surface area contributed by atoms with Crippen LogP contribution >= 0.6 is 0 Å². The van der Waals surface area contributed by atoms with Gasteiger partial charge in [0.15, 0.2) is 0 Å². The van der Waals surface area contributed by atoms with Crippen molar-refractivity contribution in [1.82, 2.24) is 15.5 Å². The average Bonchev–Trinajstić information content (AvgIpc) is 2.58. The number of alkyl carbamates (subject to hydrolysis) is 1. The fourth-order valence-corrected chi connectivity index (χ4v) is 2.86. The summed E-state index contributed by atoms with van der Waals surface area (Å²) in [5, 5.41) is 5.79. The first kappa shape index (κ1) is 26.7. The molecule has 28 heavy (non-hydrogen) atoms. The molecule has 2 amide bonds. The first-order valence-corrected chi connectivity index (χ1v) is 11.1. The summed E-state index contributed by atoms with van der Waals surface area (Å²) < 4.78 is 5.20. The fraction of sp³-hybridized carbons (Fsp3) is 0.909. The van der Waals surface area contributed by atoms with E-state index in [1.54, 1.807) is 0 Å². The van der Waals surface area contributed by atoms with E-state index in [2.05, 4.69) is 15.5 Å². The molecule has 0 fully saturated rings. The lowest BCUT2D eigenvalue weighted by Crippen LogP contribution is -2.32. The Morgan fingerprint density at radius 3 is 1.79 bits per heavy atom. The van der Waals surface area contributed by atoms with Gasteiger partial charge in [-0.3, -0.25) is 4.79 Å². The summed E-state index contributed by atoms with van der Waals surface area (Å²) in [5.41, 5.74) is -0.431. The fourth-order valence-electron chi connectivity index (χ4n) is 2.86. The van der Waals surface area contributed by atoms with Crippen molar-refractivity contribution in [3.8, 4) is 0 Å². The molecule has 0 radical (unpaired) electrons. The van der Waals surface area contributed by atoms with Gasteiger partial charge in [-0.2, -0.15) is 0 Å². The lowest BCUT2D eigenvalue weighted by Gasteiger charge is -2.19. The summed E-state index contributed by atoms with van der Waals surface area (Å²) >= 11 is 0. The first-order valence-electron chi connectivity index (χ1n) is 11.1. The zero-order chi connectivity index (χ0) is 21.3. The van der Waals surface area contributed by atoms with E-state index in [-0.39, 0.29) is 12.0 Å². The van der Waals surface area contributed by atoms with Gasteiger partial charge >= 0.3 is 6.09 Å². The van der Waals surface area contributed by atoms with E-state index >= 15 is 0 Å². The minimum atomic E-state index is -0.431. The molecular weight excluding hydrogens is 354 g/mol. The average molecular weight is 400 g/mol. The summed E-state index contributed by atoms with van der Waals surface area (Å²) in [5.74, 6) is 0.193. The molecule has 0 unspecified atom stereocenters. The highest BCUT2D eigenvalue weighted by Gasteiger charge is 2.15. The van der Waals surface area contributed by atoms with Crippen LogP contribution in [0, 0.1) is 0 Å². The molecule has 0 rings (SSSR count). The van der Waals surface area contributed by atoms with Crippen LogP contribution < -0.4 is 10.6 Å². The Labute approximate surface area is 173 Å². The van der Waals surface area contributed by atoms with Crippen LogP contribution in [0.3, 0.4) is 0 Å². The Morgan fingerprint density at radius 1 is 0.750 bits per heavy atom. The van der Waals surface area contributed by atoms with Crippen molar-refractivity contribution in [3.05, 3.63) is 0 Å². The number of amides is 2. The van der Waals surface area contributed by atoms with Crippen LogP contribution in [0.5, 0.6) is 0 Å². The predicted octanol–water partition coefficient (Wildman–Crippen LogP) is 4.48. The van der Waals surface area contributed by atoms with E-state index < -0.39 is 5.60 Å². The third kappa shape index (κ3) is 21.0. The number of nitrogens with zero attached hydrogens (tertiary/aromatic N) is 1. The molecule has 0 spiro atoms. The van der Waals surface area contributed by atoms with Crippen LogP contribution in [0.4, 0.5) is 4.79 Å². The van der Waals surface area contributed by atoms with Gasteiger partial charge in [0.25, 0.3) is 0 Å². The molecule has 6 heteroatoms. The Bertz CT molecular complexity index is 406. The number of unbranched alkanes of at least 4 members (excludes halogenated alkanes) is 8. The van der Waals surface area contributed by atoms with Crippen LogP contribution in [0.1, 0.15) is 91.4 Å². The smallest absolute Gasteiger partial charge is 0.407 e. The predicted molar refractivity (Wildman–Crippen MR) is 117 cm³/mol. The molecule has 0 aromatic carbocycles. The second-order valence-electron chi connectivity index (χ2n) is 8.87. The van der Waals surface area contributed by atoms with E-state index in [1.165, 1.54) is 32.1 Å². The third-order valence-corrected chi connectivity index (χ3v) is 4.35. The third-order valence-electron chi connectivity index (χ3n) is 4.35. The molecule has 0 aromatic rings. The number of hydrogen-bond donors (Lipinski definition) is 2. The standard InChI is InChI=1S/C22H45N3O3/c1-22(2,3)28-21(27)24-17-14-12-10-8-6-7-9-11-13-16-20(26)23-18-15-19-25(4)5/h6-19H2,1-5H3,(H,23,26)(H,24,27). The lowest BCUT2D eigenvalue weighted by molar-refractivity contribution is -0.121. The van der Waals surface area contributed by atoms with Crippen molar-refractivity contribution in [2.24, 2.45) is 0 Å². The number of nitrogens with one attached hydrogen (secondary N) is 2. The lowest BCUT2D eigenvalue weighted by atomic mass is 10.1. The minimum absolute atomic E-state index is 0.193. The van der Waals surface area contributed by atoms with Gasteiger partial charge in [-0.15, -0.1) is 0 Å². The molecule has 0 aliphatic rings. The summed E-state index contributed by atoms with van der Waals surface area (Å²) in [7, 11) is 4.09. The summed E-state index contributed by atoms with van der Waals surface area (Å²) in [6, 6.07) is 0. The quantitative estimate of drug-likeness (QED) is 0.375. The van der Waals surface area contributed by atoms with Crippen LogP contribution in [0.25, 0.3) is 0 Å². The van der Waals surface area contributed by atoms with Crippen LogP contribution in [-0.4, -0.2) is 56.2 Å². The van der Waals surface area contributed by atoms with Gasteiger partial charge in [0, 0.05) is 19.5 Å². The SMILES string of the molecule is CN(C)CCCNC(=O)CCCCCCCCCCCNC(=O)OC(C)(C)C. The molecule has 0 aromatic heterocycles.